The summed E-state index contributed by atoms with van der Waals surface area (Å²) >= 11 is 1.45. The third-order valence-electron chi connectivity index (χ3n) is 5.83. The molecule has 2 aliphatic rings. The van der Waals surface area contributed by atoms with E-state index in [1.165, 1.54) is 36.0 Å². The van der Waals surface area contributed by atoms with Gasteiger partial charge in [-0.05, 0) is 48.0 Å². The molecule has 3 aromatic rings. The molecule has 2 aliphatic heterocycles. The van der Waals surface area contributed by atoms with Gasteiger partial charge >= 0.3 is 0 Å². The maximum atomic E-state index is 13.9. The molecule has 2 amide bonds. The van der Waals surface area contributed by atoms with Crippen LogP contribution in [0.5, 0.6) is 0 Å². The van der Waals surface area contributed by atoms with Crippen molar-refractivity contribution in [2.75, 3.05) is 17.2 Å². The number of nitriles is 1. The Kier molecular flexibility index (Phi) is 4.95. The first-order valence-electron chi connectivity index (χ1n) is 10.2. The van der Waals surface area contributed by atoms with Crippen LogP contribution in [0.1, 0.15) is 27.0 Å². The van der Waals surface area contributed by atoms with Crippen molar-refractivity contribution in [2.24, 2.45) is 0 Å². The number of anilines is 1. The molecule has 0 N–H and O–H groups in total. The maximum Gasteiger partial charge on any atom is 0.268 e. The number of hydrogen-bond donors (Lipinski definition) is 0. The highest BCUT2D eigenvalue weighted by atomic mass is 32.2. The van der Waals surface area contributed by atoms with Crippen LogP contribution in [0, 0.1) is 17.1 Å². The molecule has 5 rings (SSSR count). The predicted octanol–water partition coefficient (Wildman–Crippen LogP) is 4.29. The minimum absolute atomic E-state index is 0.181. The van der Waals surface area contributed by atoms with E-state index in [0.717, 1.165) is 16.8 Å². The number of thioether (sulfide) groups is 1. The van der Waals surface area contributed by atoms with Gasteiger partial charge in [-0.3, -0.25) is 9.59 Å². The predicted molar refractivity (Wildman–Crippen MR) is 120 cm³/mol. The summed E-state index contributed by atoms with van der Waals surface area (Å²) < 4.78 is 13.4. The van der Waals surface area contributed by atoms with Crippen molar-refractivity contribution >= 4 is 29.3 Å². The molecule has 0 aliphatic carbocycles. The molecule has 5 nitrogen and oxygen atoms in total. The second kappa shape index (κ2) is 7.81. The Bertz CT molecular complexity index is 1270. The van der Waals surface area contributed by atoms with E-state index in [9.17, 15) is 19.2 Å². The van der Waals surface area contributed by atoms with E-state index >= 15 is 0 Å². The summed E-state index contributed by atoms with van der Waals surface area (Å²) in [7, 11) is 0. The number of hydrogen-bond acceptors (Lipinski definition) is 4. The second-order valence-corrected chi connectivity index (χ2v) is 8.96. The van der Waals surface area contributed by atoms with Gasteiger partial charge in [0.2, 0.25) is 0 Å². The number of carbonyl (C=O) groups excluding carboxylic acids is 2. The molecule has 32 heavy (non-hydrogen) atoms. The van der Waals surface area contributed by atoms with Gasteiger partial charge in [0.05, 0.1) is 23.9 Å². The zero-order valence-corrected chi connectivity index (χ0v) is 17.8. The van der Waals surface area contributed by atoms with Gasteiger partial charge in [0.15, 0.2) is 4.87 Å². The summed E-state index contributed by atoms with van der Waals surface area (Å²) in [6.45, 7) is 0.713. The third-order valence-corrected chi connectivity index (χ3v) is 7.25. The summed E-state index contributed by atoms with van der Waals surface area (Å²) in [5.41, 5.74) is 3.24. The lowest BCUT2D eigenvalue weighted by atomic mass is 10.0. The lowest BCUT2D eigenvalue weighted by molar-refractivity contribution is -0.123. The van der Waals surface area contributed by atoms with E-state index in [1.54, 1.807) is 28.0 Å². The van der Waals surface area contributed by atoms with Crippen LogP contribution in [0.3, 0.4) is 0 Å². The molecule has 1 saturated heterocycles. The zero-order valence-electron chi connectivity index (χ0n) is 17.0. The highest BCUT2D eigenvalue weighted by molar-refractivity contribution is 8.01. The minimum atomic E-state index is -1.16. The first-order chi connectivity index (χ1) is 15.5. The molecular formula is C25H18FN3O2S. The largest absolute Gasteiger partial charge is 0.311 e. The Hall–Kier alpha value is -3.63. The normalized spacial score (nSPS) is 19.3. The molecule has 0 unspecified atom stereocenters. The Morgan fingerprint density at radius 3 is 2.66 bits per heavy atom. The summed E-state index contributed by atoms with van der Waals surface area (Å²) in [4.78, 5) is 29.5. The van der Waals surface area contributed by atoms with E-state index in [1.807, 2.05) is 30.3 Å². The van der Waals surface area contributed by atoms with Crippen LogP contribution in [-0.4, -0.2) is 29.0 Å². The van der Waals surface area contributed by atoms with Crippen LogP contribution in [0.25, 0.3) is 0 Å². The van der Waals surface area contributed by atoms with Crippen LogP contribution in [0.2, 0.25) is 0 Å². The molecule has 3 aromatic carbocycles. The fraction of sp³-hybridized carbons (Fsp3) is 0.160. The summed E-state index contributed by atoms with van der Waals surface area (Å²) in [6, 6.07) is 22.2. The standard InChI is InChI=1S/C25H18FN3O2S/c26-20-10-8-19(9-11-20)23(30)29-12-13-32-25(29)21-6-1-2-7-22(21)28(24(25)31)16-18-5-3-4-17(14-18)15-27/h1-11,14H,12-13,16H2/t25-/m1/s1. The van der Waals surface area contributed by atoms with E-state index in [-0.39, 0.29) is 11.8 Å². The molecule has 158 valence electrons. The number of nitrogens with zero attached hydrogens (tertiary/aromatic N) is 3. The van der Waals surface area contributed by atoms with Gasteiger partial charge in [0.1, 0.15) is 5.82 Å². The summed E-state index contributed by atoms with van der Waals surface area (Å²) in [6.07, 6.45) is 0. The molecular weight excluding hydrogens is 425 g/mol. The molecule has 7 heteroatoms. The van der Waals surface area contributed by atoms with Crippen LogP contribution in [0.4, 0.5) is 10.1 Å². The van der Waals surface area contributed by atoms with E-state index in [2.05, 4.69) is 6.07 Å². The van der Waals surface area contributed by atoms with Crippen molar-refractivity contribution in [3.8, 4) is 6.07 Å². The molecule has 0 saturated carbocycles. The lowest BCUT2D eigenvalue weighted by Gasteiger charge is -2.33. The summed E-state index contributed by atoms with van der Waals surface area (Å²) in [5.74, 6) is -0.282. The molecule has 1 atom stereocenters. The van der Waals surface area contributed by atoms with Crippen LogP contribution >= 0.6 is 11.8 Å². The molecule has 0 radical (unpaired) electrons. The van der Waals surface area contributed by atoms with Crippen molar-refractivity contribution in [3.63, 3.8) is 0 Å². The van der Waals surface area contributed by atoms with Crippen molar-refractivity contribution in [1.29, 1.82) is 5.26 Å². The highest BCUT2D eigenvalue weighted by Gasteiger charge is 2.59. The van der Waals surface area contributed by atoms with Gasteiger partial charge in [-0.1, -0.05) is 30.3 Å². The number of amides is 2. The summed E-state index contributed by atoms with van der Waals surface area (Å²) in [5, 5.41) is 9.22. The monoisotopic (exact) mass is 443 g/mol. The van der Waals surface area contributed by atoms with E-state index in [4.69, 9.17) is 0 Å². The topological polar surface area (TPSA) is 64.4 Å². The van der Waals surface area contributed by atoms with Gasteiger partial charge in [0, 0.05) is 23.4 Å². The lowest BCUT2D eigenvalue weighted by Crippen LogP contribution is -2.50. The molecule has 0 bridgehead atoms. The number of halogens is 1. The fourth-order valence-electron chi connectivity index (χ4n) is 4.40. The van der Waals surface area contributed by atoms with Gasteiger partial charge in [0.25, 0.3) is 11.8 Å². The van der Waals surface area contributed by atoms with Gasteiger partial charge in [-0.15, -0.1) is 11.8 Å². The van der Waals surface area contributed by atoms with Crippen molar-refractivity contribution < 1.29 is 14.0 Å². The van der Waals surface area contributed by atoms with Crippen molar-refractivity contribution in [1.82, 2.24) is 4.90 Å². The van der Waals surface area contributed by atoms with Gasteiger partial charge in [-0.25, -0.2) is 4.39 Å². The molecule has 1 spiro atoms. The Morgan fingerprint density at radius 2 is 1.88 bits per heavy atom. The quantitative estimate of drug-likeness (QED) is 0.606. The molecule has 1 fully saturated rings. The zero-order chi connectivity index (χ0) is 22.3. The maximum absolute atomic E-state index is 13.9. The Morgan fingerprint density at radius 1 is 1.09 bits per heavy atom. The number of fused-ring (bicyclic) bond motifs is 2. The number of benzene rings is 3. The third kappa shape index (κ3) is 3.07. The van der Waals surface area contributed by atoms with Crippen LogP contribution < -0.4 is 4.90 Å². The second-order valence-electron chi connectivity index (χ2n) is 7.68. The van der Waals surface area contributed by atoms with Crippen LogP contribution in [-0.2, 0) is 16.2 Å². The SMILES string of the molecule is N#Cc1cccc(CN2C(=O)[C@]3(SCCN3C(=O)c3ccc(F)cc3)c3ccccc32)c1. The highest BCUT2D eigenvalue weighted by Crippen LogP contribution is 2.54. The van der Waals surface area contributed by atoms with E-state index in [0.29, 0.717) is 30.0 Å². The van der Waals surface area contributed by atoms with Crippen molar-refractivity contribution in [3.05, 3.63) is 101 Å². The Balaban J connectivity index is 1.56. The first kappa shape index (κ1) is 20.3. The number of rotatable bonds is 3. The fourth-order valence-corrected chi connectivity index (χ4v) is 5.86. The number of para-hydroxylation sites is 1. The smallest absolute Gasteiger partial charge is 0.268 e. The average molecular weight is 444 g/mol. The van der Waals surface area contributed by atoms with Crippen LogP contribution in [0.15, 0.2) is 72.8 Å². The number of carbonyl (C=O) groups is 2. The molecule has 2 heterocycles. The molecule has 0 aromatic heterocycles. The van der Waals surface area contributed by atoms with Crippen molar-refractivity contribution in [2.45, 2.75) is 11.4 Å². The van der Waals surface area contributed by atoms with Gasteiger partial charge < -0.3 is 9.80 Å². The minimum Gasteiger partial charge on any atom is -0.311 e. The first-order valence-corrected chi connectivity index (χ1v) is 11.1. The average Bonchev–Trinajstić information content (AvgIpc) is 3.36. The van der Waals surface area contributed by atoms with E-state index < -0.39 is 10.7 Å². The van der Waals surface area contributed by atoms with Gasteiger partial charge in [-0.2, -0.15) is 5.26 Å². The Labute approximate surface area is 189 Å².